The highest BCUT2D eigenvalue weighted by Crippen LogP contribution is 2.42. The van der Waals surface area contributed by atoms with Gasteiger partial charge in [-0.15, -0.1) is 0 Å². The van der Waals surface area contributed by atoms with Crippen molar-refractivity contribution in [3.8, 4) is 0 Å². The fraction of sp³-hybridized carbons (Fsp3) is 0.500. The van der Waals surface area contributed by atoms with E-state index in [-0.39, 0.29) is 6.42 Å². The molecule has 2 rings (SSSR count). The second-order valence-corrected chi connectivity index (χ2v) is 5.04. The maximum absolute atomic E-state index is 11.8. The molecule has 3 atom stereocenters. The zero-order chi connectivity index (χ0) is 15.7. The zero-order valence-corrected chi connectivity index (χ0v) is 12.0. The first kappa shape index (κ1) is 15.1. The van der Waals surface area contributed by atoms with Crippen molar-refractivity contribution in [2.45, 2.75) is 12.5 Å². The van der Waals surface area contributed by atoms with Crippen LogP contribution in [0.25, 0.3) is 0 Å². The van der Waals surface area contributed by atoms with Crippen LogP contribution in [0.3, 0.4) is 0 Å². The Morgan fingerprint density at radius 2 is 1.76 bits per heavy atom. The molecule has 2 bridgehead atoms. The van der Waals surface area contributed by atoms with Gasteiger partial charge in [0.2, 0.25) is 0 Å². The Balaban J connectivity index is 2.49. The molecular formula is C14H17NO6. The molecule has 1 heterocycles. The molecule has 1 aliphatic heterocycles. The number of allylic oxidation sites excluding steroid dienone is 1. The van der Waals surface area contributed by atoms with E-state index >= 15 is 0 Å². The Bertz CT molecular complexity index is 550. The van der Waals surface area contributed by atoms with E-state index in [1.807, 2.05) is 0 Å². The second-order valence-electron chi connectivity index (χ2n) is 5.04. The first-order valence-electron chi connectivity index (χ1n) is 6.45. The Morgan fingerprint density at radius 1 is 1.19 bits per heavy atom. The predicted molar refractivity (Wildman–Crippen MR) is 71.0 cm³/mol. The normalized spacial score (nSPS) is 27.4. The summed E-state index contributed by atoms with van der Waals surface area (Å²) >= 11 is 0. The number of likely N-dealkylation sites (N-methyl/N-ethyl adjacent to an activating group) is 1. The number of hydrogen-bond acceptors (Lipinski definition) is 6. The van der Waals surface area contributed by atoms with Gasteiger partial charge >= 0.3 is 17.9 Å². The molecule has 7 heteroatoms. The van der Waals surface area contributed by atoms with Crippen LogP contribution in [-0.2, 0) is 23.9 Å². The van der Waals surface area contributed by atoms with Crippen molar-refractivity contribution in [1.82, 2.24) is 4.90 Å². The number of carbonyl (C=O) groups excluding carboxylic acids is 2. The fourth-order valence-corrected chi connectivity index (χ4v) is 3.07. The van der Waals surface area contributed by atoms with Gasteiger partial charge in [0.05, 0.1) is 37.3 Å². The summed E-state index contributed by atoms with van der Waals surface area (Å²) in [4.78, 5) is 36.9. The number of aliphatic carboxylic acids is 1. The second kappa shape index (κ2) is 5.59. The first-order chi connectivity index (χ1) is 9.92. The Hall–Kier alpha value is -2.31. The summed E-state index contributed by atoms with van der Waals surface area (Å²) < 4.78 is 9.43. The van der Waals surface area contributed by atoms with Crippen LogP contribution in [0.4, 0.5) is 0 Å². The van der Waals surface area contributed by atoms with Crippen molar-refractivity contribution in [2.75, 3.05) is 21.3 Å². The number of rotatable bonds is 3. The van der Waals surface area contributed by atoms with Gasteiger partial charge in [0.15, 0.2) is 0 Å². The van der Waals surface area contributed by atoms with Crippen LogP contribution in [0.15, 0.2) is 23.4 Å². The van der Waals surface area contributed by atoms with Gasteiger partial charge < -0.3 is 19.5 Å². The molecule has 0 saturated heterocycles. The molecule has 0 saturated carbocycles. The third-order valence-electron chi connectivity index (χ3n) is 3.99. The van der Waals surface area contributed by atoms with Crippen LogP contribution in [0.1, 0.15) is 6.42 Å². The van der Waals surface area contributed by atoms with Gasteiger partial charge in [-0.3, -0.25) is 4.79 Å². The molecule has 0 amide bonds. The minimum absolute atomic E-state index is 0.284. The van der Waals surface area contributed by atoms with E-state index in [9.17, 15) is 19.5 Å². The average Bonchev–Trinajstić information content (AvgIpc) is 2.48. The van der Waals surface area contributed by atoms with Crippen molar-refractivity contribution in [3.05, 3.63) is 23.4 Å². The fourth-order valence-electron chi connectivity index (χ4n) is 3.07. The van der Waals surface area contributed by atoms with E-state index in [1.165, 1.54) is 14.2 Å². The van der Waals surface area contributed by atoms with E-state index in [4.69, 9.17) is 9.47 Å². The Morgan fingerprint density at radius 3 is 2.29 bits per heavy atom. The molecule has 0 radical (unpaired) electrons. The lowest BCUT2D eigenvalue weighted by molar-refractivity contribution is -0.147. The first-order valence-corrected chi connectivity index (χ1v) is 6.45. The van der Waals surface area contributed by atoms with Gasteiger partial charge in [-0.2, -0.15) is 0 Å². The molecular weight excluding hydrogens is 278 g/mol. The maximum Gasteiger partial charge on any atom is 0.335 e. The van der Waals surface area contributed by atoms with Crippen LogP contribution in [0.2, 0.25) is 0 Å². The van der Waals surface area contributed by atoms with E-state index in [0.29, 0.717) is 11.1 Å². The summed E-state index contributed by atoms with van der Waals surface area (Å²) in [6, 6.07) is -0.651. The highest BCUT2D eigenvalue weighted by Gasteiger charge is 2.49. The van der Waals surface area contributed by atoms with Crippen molar-refractivity contribution >= 4 is 17.9 Å². The van der Waals surface area contributed by atoms with Crippen molar-refractivity contribution < 1.29 is 29.0 Å². The summed E-state index contributed by atoms with van der Waals surface area (Å²) in [6.07, 6.45) is 3.48. The molecule has 1 aliphatic carbocycles. The number of fused-ring (bicyclic) bond motifs is 2. The number of carboxylic acids is 1. The molecule has 0 aromatic heterocycles. The molecule has 3 unspecified atom stereocenters. The molecule has 0 spiro atoms. The molecule has 2 aliphatic rings. The molecule has 21 heavy (non-hydrogen) atoms. The summed E-state index contributed by atoms with van der Waals surface area (Å²) in [6.45, 7) is 0. The lowest BCUT2D eigenvalue weighted by Gasteiger charge is -2.44. The average molecular weight is 295 g/mol. The quantitative estimate of drug-likeness (QED) is 0.742. The molecule has 0 aromatic rings. The third kappa shape index (κ3) is 2.39. The predicted octanol–water partition coefficient (Wildman–Crippen LogP) is 0.177. The van der Waals surface area contributed by atoms with Crippen LogP contribution in [-0.4, -0.2) is 55.2 Å². The number of esters is 2. The molecule has 7 nitrogen and oxygen atoms in total. The number of nitrogens with zero attached hydrogens (tertiary/aromatic N) is 1. The van der Waals surface area contributed by atoms with Gasteiger partial charge in [-0.25, -0.2) is 9.59 Å². The number of ether oxygens (including phenoxy) is 2. The number of carbonyl (C=O) groups is 3. The lowest BCUT2D eigenvalue weighted by atomic mass is 9.70. The standard InChI is InChI=1S/C14H17NO6/c1-15-6-9(14(19)21-3)7-4-5-8(13(18)20-2)11(15)10(7)12(16)17/h5-7,10-11H,4H2,1-3H3,(H,16,17). The van der Waals surface area contributed by atoms with E-state index in [0.717, 1.165) is 0 Å². The highest BCUT2D eigenvalue weighted by molar-refractivity contribution is 5.95. The van der Waals surface area contributed by atoms with Crippen LogP contribution >= 0.6 is 0 Å². The monoisotopic (exact) mass is 295 g/mol. The van der Waals surface area contributed by atoms with E-state index in [1.54, 1.807) is 24.2 Å². The molecule has 114 valence electrons. The van der Waals surface area contributed by atoms with Crippen molar-refractivity contribution in [2.24, 2.45) is 11.8 Å². The summed E-state index contributed by atoms with van der Waals surface area (Å²) in [5, 5.41) is 9.52. The maximum atomic E-state index is 11.8. The van der Waals surface area contributed by atoms with Crippen molar-refractivity contribution in [1.29, 1.82) is 0 Å². The summed E-state index contributed by atoms with van der Waals surface area (Å²) in [5.41, 5.74) is 0.618. The van der Waals surface area contributed by atoms with Crippen LogP contribution in [0, 0.1) is 11.8 Å². The Kier molecular flexibility index (Phi) is 4.02. The molecule has 0 fully saturated rings. The van der Waals surface area contributed by atoms with Gasteiger partial charge in [0.1, 0.15) is 0 Å². The van der Waals surface area contributed by atoms with E-state index in [2.05, 4.69) is 0 Å². The summed E-state index contributed by atoms with van der Waals surface area (Å²) in [5.74, 6) is -3.56. The van der Waals surface area contributed by atoms with Crippen molar-refractivity contribution in [3.63, 3.8) is 0 Å². The topological polar surface area (TPSA) is 93.1 Å². The largest absolute Gasteiger partial charge is 0.481 e. The lowest BCUT2D eigenvalue weighted by Crippen LogP contribution is -2.52. The zero-order valence-electron chi connectivity index (χ0n) is 12.0. The minimum Gasteiger partial charge on any atom is -0.481 e. The van der Waals surface area contributed by atoms with Crippen LogP contribution < -0.4 is 0 Å². The number of methoxy groups -OCH3 is 2. The number of hydrogen-bond donors (Lipinski definition) is 1. The highest BCUT2D eigenvalue weighted by atomic mass is 16.5. The third-order valence-corrected chi connectivity index (χ3v) is 3.99. The molecule has 1 N–H and O–H groups in total. The molecule has 0 aromatic carbocycles. The van der Waals surface area contributed by atoms with E-state index < -0.39 is 35.8 Å². The van der Waals surface area contributed by atoms with Crippen LogP contribution in [0.5, 0.6) is 0 Å². The summed E-state index contributed by atoms with van der Waals surface area (Å²) in [7, 11) is 4.13. The van der Waals surface area contributed by atoms with Gasteiger partial charge in [0, 0.05) is 19.2 Å². The van der Waals surface area contributed by atoms with Gasteiger partial charge in [-0.05, 0) is 6.42 Å². The minimum atomic E-state index is -1.05. The van der Waals surface area contributed by atoms with Gasteiger partial charge in [0.25, 0.3) is 0 Å². The smallest absolute Gasteiger partial charge is 0.335 e. The Labute approximate surface area is 121 Å². The number of carboxylic acid groups (broad SMARTS) is 1. The van der Waals surface area contributed by atoms with Gasteiger partial charge in [-0.1, -0.05) is 6.08 Å². The SMILES string of the molecule is COC(=O)C1=CN(C)C2C(C(=O)OC)=CCC1C2C(=O)O.